The standard InChI is InChI=1S/C30H34O5/c1-23(2)29(31)34-20-12-7-5-3-4-6-11-19-33-28-18-17-24-21-26(16-15-25(24)22-28)30(32)35-27-13-9-8-10-14-27/h8-10,13-18,21-22H,1,3-7,11-12,19-20H2,2H3. The normalized spacial score (nSPS) is 10.7. The topological polar surface area (TPSA) is 61.8 Å². The second-order valence-corrected chi connectivity index (χ2v) is 8.67. The third-order valence-corrected chi connectivity index (χ3v) is 5.64. The molecule has 5 heteroatoms. The first-order valence-corrected chi connectivity index (χ1v) is 12.3. The molecule has 3 aromatic rings. The molecule has 0 saturated heterocycles. The molecule has 0 aliphatic rings. The summed E-state index contributed by atoms with van der Waals surface area (Å²) in [5, 5.41) is 1.99. The molecular formula is C30H34O5. The smallest absolute Gasteiger partial charge is 0.343 e. The quantitative estimate of drug-likeness (QED) is 0.106. The van der Waals surface area contributed by atoms with Gasteiger partial charge >= 0.3 is 11.9 Å². The number of rotatable bonds is 14. The monoisotopic (exact) mass is 474 g/mol. The number of fused-ring (bicyclic) bond motifs is 1. The van der Waals surface area contributed by atoms with Crippen molar-refractivity contribution < 1.29 is 23.8 Å². The largest absolute Gasteiger partial charge is 0.494 e. The molecule has 3 rings (SSSR count). The summed E-state index contributed by atoms with van der Waals surface area (Å²) in [6, 6.07) is 20.5. The Morgan fingerprint density at radius 3 is 2.06 bits per heavy atom. The highest BCUT2D eigenvalue weighted by molar-refractivity contribution is 5.96. The fourth-order valence-electron chi connectivity index (χ4n) is 3.66. The van der Waals surface area contributed by atoms with Crippen LogP contribution >= 0.6 is 0 Å². The van der Waals surface area contributed by atoms with Crippen LogP contribution in [0.3, 0.4) is 0 Å². The molecule has 0 aliphatic heterocycles. The van der Waals surface area contributed by atoms with Crippen LogP contribution in [0.5, 0.6) is 11.5 Å². The zero-order valence-corrected chi connectivity index (χ0v) is 20.5. The van der Waals surface area contributed by atoms with Crippen molar-refractivity contribution in [3.05, 3.63) is 84.4 Å². The molecule has 0 amide bonds. The zero-order valence-electron chi connectivity index (χ0n) is 20.5. The Kier molecular flexibility index (Phi) is 10.4. The van der Waals surface area contributed by atoms with E-state index in [4.69, 9.17) is 14.2 Å². The molecule has 0 saturated carbocycles. The lowest BCUT2D eigenvalue weighted by Crippen LogP contribution is -2.08. The summed E-state index contributed by atoms with van der Waals surface area (Å²) in [5.41, 5.74) is 0.967. The average Bonchev–Trinajstić information content (AvgIpc) is 2.87. The molecule has 0 atom stereocenters. The van der Waals surface area contributed by atoms with Crippen molar-refractivity contribution in [1.82, 2.24) is 0 Å². The van der Waals surface area contributed by atoms with Gasteiger partial charge in [0.25, 0.3) is 0 Å². The van der Waals surface area contributed by atoms with Crippen LogP contribution in [-0.2, 0) is 9.53 Å². The molecule has 5 nitrogen and oxygen atoms in total. The van der Waals surface area contributed by atoms with Gasteiger partial charge in [0.05, 0.1) is 18.8 Å². The molecule has 3 aromatic carbocycles. The Labute approximate surface area is 207 Å². The summed E-state index contributed by atoms with van der Waals surface area (Å²) in [6.45, 7) is 6.39. The van der Waals surface area contributed by atoms with Gasteiger partial charge in [0.1, 0.15) is 11.5 Å². The van der Waals surface area contributed by atoms with Gasteiger partial charge in [-0.1, -0.05) is 69.0 Å². The lowest BCUT2D eigenvalue weighted by Gasteiger charge is -2.09. The number of hydrogen-bond donors (Lipinski definition) is 0. The Morgan fingerprint density at radius 1 is 0.714 bits per heavy atom. The fraction of sp³-hybridized carbons (Fsp3) is 0.333. The molecule has 0 aromatic heterocycles. The number of para-hydroxylation sites is 1. The summed E-state index contributed by atoms with van der Waals surface area (Å²) in [5.74, 6) is 0.693. The number of carbonyl (C=O) groups excluding carboxylic acids is 2. The Hall–Kier alpha value is -3.60. The third kappa shape index (κ3) is 8.93. The average molecular weight is 475 g/mol. The van der Waals surface area contributed by atoms with Crippen molar-refractivity contribution in [1.29, 1.82) is 0 Å². The van der Waals surface area contributed by atoms with Gasteiger partial charge < -0.3 is 14.2 Å². The summed E-state index contributed by atoms with van der Waals surface area (Å²) in [6.07, 6.45) is 7.62. The van der Waals surface area contributed by atoms with E-state index < -0.39 is 0 Å². The maximum absolute atomic E-state index is 12.4. The highest BCUT2D eigenvalue weighted by atomic mass is 16.5. The highest BCUT2D eigenvalue weighted by Gasteiger charge is 2.10. The van der Waals surface area contributed by atoms with Gasteiger partial charge in [0, 0.05) is 5.57 Å². The molecule has 0 radical (unpaired) electrons. The van der Waals surface area contributed by atoms with Crippen LogP contribution in [0.15, 0.2) is 78.9 Å². The molecule has 35 heavy (non-hydrogen) atoms. The van der Waals surface area contributed by atoms with Crippen molar-refractivity contribution in [3.63, 3.8) is 0 Å². The van der Waals surface area contributed by atoms with E-state index in [1.54, 1.807) is 25.1 Å². The van der Waals surface area contributed by atoms with Crippen LogP contribution in [0.4, 0.5) is 0 Å². The molecule has 0 bridgehead atoms. The van der Waals surface area contributed by atoms with E-state index in [0.717, 1.165) is 48.6 Å². The van der Waals surface area contributed by atoms with Crippen molar-refractivity contribution in [3.8, 4) is 11.5 Å². The first-order valence-electron chi connectivity index (χ1n) is 12.3. The maximum Gasteiger partial charge on any atom is 0.343 e. The first kappa shape index (κ1) is 26.0. The second-order valence-electron chi connectivity index (χ2n) is 8.67. The van der Waals surface area contributed by atoms with E-state index in [9.17, 15) is 9.59 Å². The molecular weight excluding hydrogens is 440 g/mol. The van der Waals surface area contributed by atoms with Crippen LogP contribution in [-0.4, -0.2) is 25.2 Å². The number of esters is 2. The molecule has 0 N–H and O–H groups in total. The van der Waals surface area contributed by atoms with Gasteiger partial charge in [-0.05, 0) is 66.9 Å². The number of benzene rings is 3. The van der Waals surface area contributed by atoms with Crippen LogP contribution in [0.2, 0.25) is 0 Å². The third-order valence-electron chi connectivity index (χ3n) is 5.64. The molecule has 0 heterocycles. The first-order chi connectivity index (χ1) is 17.0. The van der Waals surface area contributed by atoms with Gasteiger partial charge in [-0.3, -0.25) is 0 Å². The molecule has 0 aliphatic carbocycles. The minimum Gasteiger partial charge on any atom is -0.494 e. The van der Waals surface area contributed by atoms with E-state index in [-0.39, 0.29) is 11.9 Å². The van der Waals surface area contributed by atoms with Gasteiger partial charge in [0.15, 0.2) is 0 Å². The molecule has 0 spiro atoms. The van der Waals surface area contributed by atoms with Crippen LogP contribution < -0.4 is 9.47 Å². The van der Waals surface area contributed by atoms with Crippen LogP contribution in [0.1, 0.15) is 62.2 Å². The Balaban J connectivity index is 1.31. The summed E-state index contributed by atoms with van der Waals surface area (Å²) in [7, 11) is 0. The predicted octanol–water partition coefficient (Wildman–Crippen LogP) is 7.29. The summed E-state index contributed by atoms with van der Waals surface area (Å²) >= 11 is 0. The van der Waals surface area contributed by atoms with Crippen LogP contribution in [0, 0.1) is 0 Å². The van der Waals surface area contributed by atoms with E-state index in [0.29, 0.717) is 30.1 Å². The summed E-state index contributed by atoms with van der Waals surface area (Å²) < 4.78 is 16.4. The lowest BCUT2D eigenvalue weighted by atomic mass is 10.1. The minimum atomic E-state index is -0.371. The summed E-state index contributed by atoms with van der Waals surface area (Å²) in [4.78, 5) is 23.7. The second kappa shape index (κ2) is 14.0. The Morgan fingerprint density at radius 2 is 1.34 bits per heavy atom. The number of carbonyl (C=O) groups is 2. The van der Waals surface area contributed by atoms with Gasteiger partial charge in [0.2, 0.25) is 0 Å². The van der Waals surface area contributed by atoms with E-state index in [2.05, 4.69) is 6.58 Å². The van der Waals surface area contributed by atoms with Crippen molar-refractivity contribution in [2.24, 2.45) is 0 Å². The van der Waals surface area contributed by atoms with E-state index in [1.807, 2.05) is 48.5 Å². The van der Waals surface area contributed by atoms with E-state index in [1.165, 1.54) is 12.8 Å². The van der Waals surface area contributed by atoms with Crippen molar-refractivity contribution in [2.45, 2.75) is 51.9 Å². The number of hydrogen-bond acceptors (Lipinski definition) is 5. The Bertz CT molecular complexity index is 1120. The molecule has 0 fully saturated rings. The van der Waals surface area contributed by atoms with Gasteiger partial charge in [-0.2, -0.15) is 0 Å². The van der Waals surface area contributed by atoms with E-state index >= 15 is 0 Å². The maximum atomic E-state index is 12.4. The van der Waals surface area contributed by atoms with Crippen LogP contribution in [0.25, 0.3) is 10.8 Å². The number of unbranched alkanes of at least 4 members (excludes halogenated alkanes) is 6. The SMILES string of the molecule is C=C(C)C(=O)OCCCCCCCCCOc1ccc2cc(C(=O)Oc3ccccc3)ccc2c1. The van der Waals surface area contributed by atoms with Crippen molar-refractivity contribution >= 4 is 22.7 Å². The van der Waals surface area contributed by atoms with Crippen molar-refractivity contribution in [2.75, 3.05) is 13.2 Å². The van der Waals surface area contributed by atoms with Gasteiger partial charge in [-0.25, -0.2) is 9.59 Å². The number of ether oxygens (including phenoxy) is 3. The predicted molar refractivity (Wildman–Crippen MR) is 139 cm³/mol. The lowest BCUT2D eigenvalue weighted by molar-refractivity contribution is -0.139. The zero-order chi connectivity index (χ0) is 24.9. The highest BCUT2D eigenvalue weighted by Crippen LogP contribution is 2.23. The fourth-order valence-corrected chi connectivity index (χ4v) is 3.66. The minimum absolute atomic E-state index is 0.301. The molecule has 0 unspecified atom stereocenters. The van der Waals surface area contributed by atoms with Gasteiger partial charge in [-0.15, -0.1) is 0 Å². The molecule has 184 valence electrons.